The highest BCUT2D eigenvalue weighted by molar-refractivity contribution is 5.97. The van der Waals surface area contributed by atoms with Crippen LogP contribution in [-0.4, -0.2) is 61.4 Å². The van der Waals surface area contributed by atoms with E-state index in [1.165, 1.54) is 6.07 Å². The van der Waals surface area contributed by atoms with Gasteiger partial charge < -0.3 is 15.1 Å². The number of halogens is 1. The molecule has 1 aliphatic rings. The van der Waals surface area contributed by atoms with Gasteiger partial charge in [0, 0.05) is 43.9 Å². The normalized spacial score (nSPS) is 14.8. The molecule has 2 aromatic carbocycles. The summed E-state index contributed by atoms with van der Waals surface area (Å²) in [6.45, 7) is 3.52. The van der Waals surface area contributed by atoms with E-state index in [2.05, 4.69) is 10.2 Å². The van der Waals surface area contributed by atoms with Crippen LogP contribution in [0.15, 0.2) is 48.5 Å². The van der Waals surface area contributed by atoms with Crippen LogP contribution in [0.3, 0.4) is 0 Å². The van der Waals surface area contributed by atoms with Gasteiger partial charge in [-0.3, -0.25) is 9.59 Å². The summed E-state index contributed by atoms with van der Waals surface area (Å²) in [5.41, 5.74) is 1.65. The van der Waals surface area contributed by atoms with Crippen LogP contribution in [0, 0.1) is 5.82 Å². The van der Waals surface area contributed by atoms with Crippen LogP contribution in [0.2, 0.25) is 0 Å². The van der Waals surface area contributed by atoms with Gasteiger partial charge in [-0.1, -0.05) is 18.2 Å². The SMILES string of the molecule is CN1CCN(C(=O)c2ccc(C(=O)NCCc3ccccc3F)cc2)CC1. The summed E-state index contributed by atoms with van der Waals surface area (Å²) in [4.78, 5) is 28.8. The Labute approximate surface area is 158 Å². The summed E-state index contributed by atoms with van der Waals surface area (Å²) < 4.78 is 13.6. The van der Waals surface area contributed by atoms with Crippen LogP contribution < -0.4 is 5.32 Å². The van der Waals surface area contributed by atoms with Crippen LogP contribution in [0.25, 0.3) is 0 Å². The number of piperazine rings is 1. The summed E-state index contributed by atoms with van der Waals surface area (Å²) in [5, 5.41) is 2.79. The molecule has 3 rings (SSSR count). The zero-order valence-corrected chi connectivity index (χ0v) is 15.5. The Hall–Kier alpha value is -2.73. The van der Waals surface area contributed by atoms with Crippen molar-refractivity contribution in [3.63, 3.8) is 0 Å². The lowest BCUT2D eigenvalue weighted by atomic mass is 10.1. The quantitative estimate of drug-likeness (QED) is 0.879. The molecular weight excluding hydrogens is 345 g/mol. The van der Waals surface area contributed by atoms with E-state index in [1.807, 2.05) is 11.9 Å². The Kier molecular flexibility index (Phi) is 6.19. The van der Waals surface area contributed by atoms with E-state index in [0.29, 0.717) is 42.7 Å². The number of nitrogens with one attached hydrogen (secondary N) is 1. The second kappa shape index (κ2) is 8.77. The third kappa shape index (κ3) is 4.92. The minimum absolute atomic E-state index is 0.00499. The fourth-order valence-electron chi connectivity index (χ4n) is 3.07. The maximum absolute atomic E-state index is 13.6. The van der Waals surface area contributed by atoms with Crippen LogP contribution in [0.4, 0.5) is 4.39 Å². The highest BCUT2D eigenvalue weighted by Crippen LogP contribution is 2.11. The standard InChI is InChI=1S/C21H24FN3O2/c1-24-12-14-25(15-13-24)21(27)18-8-6-17(7-9-18)20(26)23-11-10-16-4-2-3-5-19(16)22/h2-9H,10-15H2,1H3,(H,23,26). The van der Waals surface area contributed by atoms with E-state index in [4.69, 9.17) is 0 Å². The van der Waals surface area contributed by atoms with Crippen LogP contribution in [-0.2, 0) is 6.42 Å². The second-order valence-corrected chi connectivity index (χ2v) is 6.77. The van der Waals surface area contributed by atoms with Crippen LogP contribution in [0.5, 0.6) is 0 Å². The first kappa shape index (κ1) is 19.0. The lowest BCUT2D eigenvalue weighted by Crippen LogP contribution is -2.47. The van der Waals surface area contributed by atoms with Gasteiger partial charge in [-0.2, -0.15) is 0 Å². The average molecular weight is 369 g/mol. The first-order chi connectivity index (χ1) is 13.0. The molecule has 1 N–H and O–H groups in total. The largest absolute Gasteiger partial charge is 0.352 e. The van der Waals surface area contributed by atoms with Gasteiger partial charge in [0.25, 0.3) is 11.8 Å². The van der Waals surface area contributed by atoms with Gasteiger partial charge in [0.2, 0.25) is 0 Å². The molecule has 2 aromatic rings. The van der Waals surface area contributed by atoms with Crippen molar-refractivity contribution in [2.75, 3.05) is 39.8 Å². The first-order valence-corrected chi connectivity index (χ1v) is 9.14. The number of hydrogen-bond acceptors (Lipinski definition) is 3. The fourth-order valence-corrected chi connectivity index (χ4v) is 3.07. The number of amides is 2. The molecule has 142 valence electrons. The third-order valence-electron chi connectivity index (χ3n) is 4.82. The molecule has 0 saturated carbocycles. The van der Waals surface area contributed by atoms with Gasteiger partial charge in [0.15, 0.2) is 0 Å². The lowest BCUT2D eigenvalue weighted by molar-refractivity contribution is 0.0663. The number of carbonyl (C=O) groups excluding carboxylic acids is 2. The van der Waals surface area contributed by atoms with E-state index in [1.54, 1.807) is 42.5 Å². The molecule has 1 heterocycles. The molecule has 0 spiro atoms. The molecule has 2 amide bonds. The summed E-state index contributed by atoms with van der Waals surface area (Å²) in [5.74, 6) is -0.502. The van der Waals surface area contributed by atoms with Crippen molar-refractivity contribution in [1.82, 2.24) is 15.1 Å². The Morgan fingerprint density at radius 1 is 0.963 bits per heavy atom. The second-order valence-electron chi connectivity index (χ2n) is 6.77. The summed E-state index contributed by atoms with van der Waals surface area (Å²) in [6.07, 6.45) is 0.429. The molecule has 1 fully saturated rings. The van der Waals surface area contributed by atoms with E-state index >= 15 is 0 Å². The Morgan fingerprint density at radius 3 is 2.26 bits per heavy atom. The van der Waals surface area contributed by atoms with Crippen molar-refractivity contribution in [2.24, 2.45) is 0 Å². The first-order valence-electron chi connectivity index (χ1n) is 9.14. The van der Waals surface area contributed by atoms with E-state index < -0.39 is 0 Å². The third-order valence-corrected chi connectivity index (χ3v) is 4.82. The molecule has 0 radical (unpaired) electrons. The van der Waals surface area contributed by atoms with Gasteiger partial charge in [-0.15, -0.1) is 0 Å². The molecule has 6 heteroatoms. The average Bonchev–Trinajstić information content (AvgIpc) is 2.69. The number of carbonyl (C=O) groups is 2. The fraction of sp³-hybridized carbons (Fsp3) is 0.333. The van der Waals surface area contributed by atoms with Crippen molar-refractivity contribution >= 4 is 11.8 Å². The maximum Gasteiger partial charge on any atom is 0.253 e. The van der Waals surface area contributed by atoms with Gasteiger partial charge in [-0.25, -0.2) is 4.39 Å². The number of hydrogen-bond donors (Lipinski definition) is 1. The van der Waals surface area contributed by atoms with Gasteiger partial charge in [0.05, 0.1) is 0 Å². The highest BCUT2D eigenvalue weighted by Gasteiger charge is 2.20. The molecule has 27 heavy (non-hydrogen) atoms. The molecule has 1 saturated heterocycles. The van der Waals surface area contributed by atoms with Crippen molar-refractivity contribution in [3.05, 3.63) is 71.0 Å². The van der Waals surface area contributed by atoms with E-state index in [9.17, 15) is 14.0 Å². The Bertz CT molecular complexity index is 799. The van der Waals surface area contributed by atoms with Gasteiger partial charge >= 0.3 is 0 Å². The van der Waals surface area contributed by atoms with Crippen molar-refractivity contribution in [3.8, 4) is 0 Å². The summed E-state index contributed by atoms with van der Waals surface area (Å²) in [6, 6.07) is 13.2. The number of likely N-dealkylation sites (N-methyl/N-ethyl adjacent to an activating group) is 1. The molecule has 0 unspecified atom stereocenters. The van der Waals surface area contributed by atoms with Crippen molar-refractivity contribution in [2.45, 2.75) is 6.42 Å². The van der Waals surface area contributed by atoms with Crippen molar-refractivity contribution in [1.29, 1.82) is 0 Å². The monoisotopic (exact) mass is 369 g/mol. The van der Waals surface area contributed by atoms with Gasteiger partial charge in [0.1, 0.15) is 5.82 Å². The Morgan fingerprint density at radius 2 is 1.59 bits per heavy atom. The summed E-state index contributed by atoms with van der Waals surface area (Å²) >= 11 is 0. The van der Waals surface area contributed by atoms with E-state index in [-0.39, 0.29) is 17.6 Å². The predicted octanol–water partition coefficient (Wildman–Crippen LogP) is 2.19. The molecular formula is C21H24FN3O2. The lowest BCUT2D eigenvalue weighted by Gasteiger charge is -2.32. The maximum atomic E-state index is 13.6. The molecule has 1 aliphatic heterocycles. The molecule has 0 aliphatic carbocycles. The number of nitrogens with zero attached hydrogens (tertiary/aromatic N) is 2. The number of rotatable bonds is 5. The van der Waals surface area contributed by atoms with Gasteiger partial charge in [-0.05, 0) is 49.4 Å². The van der Waals surface area contributed by atoms with Crippen LogP contribution in [0.1, 0.15) is 26.3 Å². The highest BCUT2D eigenvalue weighted by atomic mass is 19.1. The summed E-state index contributed by atoms with van der Waals surface area (Å²) in [7, 11) is 2.04. The topological polar surface area (TPSA) is 52.7 Å². The zero-order valence-electron chi connectivity index (χ0n) is 15.5. The molecule has 0 atom stereocenters. The van der Waals surface area contributed by atoms with Crippen molar-refractivity contribution < 1.29 is 14.0 Å². The molecule has 5 nitrogen and oxygen atoms in total. The molecule has 0 bridgehead atoms. The van der Waals surface area contributed by atoms with Crippen LogP contribution >= 0.6 is 0 Å². The predicted molar refractivity (Wildman–Crippen MR) is 102 cm³/mol. The Balaban J connectivity index is 1.52. The zero-order chi connectivity index (χ0) is 19.2. The molecule has 0 aromatic heterocycles. The minimum Gasteiger partial charge on any atom is -0.352 e. The smallest absolute Gasteiger partial charge is 0.253 e. The minimum atomic E-state index is -0.265. The van der Waals surface area contributed by atoms with E-state index in [0.717, 1.165) is 13.1 Å². The number of benzene rings is 2.